The van der Waals surface area contributed by atoms with Crippen LogP contribution in [0.1, 0.15) is 62.2 Å². The summed E-state index contributed by atoms with van der Waals surface area (Å²) >= 11 is 0. The van der Waals surface area contributed by atoms with E-state index in [4.69, 9.17) is 0 Å². The molecule has 2 heteroatoms. The number of Topliss-reactive ketones (excluding diaryl/α,β-unsaturated/α-hetero) is 1. The van der Waals surface area contributed by atoms with Crippen molar-refractivity contribution < 1.29 is 4.79 Å². The van der Waals surface area contributed by atoms with Crippen LogP contribution < -0.4 is 0 Å². The summed E-state index contributed by atoms with van der Waals surface area (Å²) in [4.78, 5) is 15.6. The highest BCUT2D eigenvalue weighted by Gasteiger charge is 2.45. The first kappa shape index (κ1) is 16.5. The van der Waals surface area contributed by atoms with E-state index in [1.807, 2.05) is 0 Å². The Balaban J connectivity index is 1.74. The van der Waals surface area contributed by atoms with Gasteiger partial charge in [0.25, 0.3) is 0 Å². The summed E-state index contributed by atoms with van der Waals surface area (Å²) < 4.78 is 0. The van der Waals surface area contributed by atoms with Crippen LogP contribution in [0.25, 0.3) is 0 Å². The van der Waals surface area contributed by atoms with E-state index in [2.05, 4.69) is 72.5 Å². The standard InChI is InChI=1S/C23H27NO/c1-17(18-10-4-2-5-11-18)24-21-15-9-8-14-20(21)23(25)16-22(24)19-12-6-3-7-13-19/h2-7,10-13,17,20-22H,8-9,14-16H2,1H3/t17-,20-,21+,22+/m1/s1. The lowest BCUT2D eigenvalue weighted by molar-refractivity contribution is -0.136. The molecule has 2 fully saturated rings. The number of benzene rings is 2. The number of carbonyl (C=O) groups is 1. The lowest BCUT2D eigenvalue weighted by Crippen LogP contribution is -2.53. The maximum absolute atomic E-state index is 12.9. The summed E-state index contributed by atoms with van der Waals surface area (Å²) in [5.74, 6) is 0.718. The van der Waals surface area contributed by atoms with Crippen molar-refractivity contribution in [1.29, 1.82) is 0 Å². The third kappa shape index (κ3) is 3.16. The summed E-state index contributed by atoms with van der Waals surface area (Å²) in [6.45, 7) is 2.31. The van der Waals surface area contributed by atoms with Gasteiger partial charge in [-0.25, -0.2) is 0 Å². The molecule has 130 valence electrons. The Labute approximate surface area is 150 Å². The molecule has 2 aromatic carbocycles. The van der Waals surface area contributed by atoms with Crippen molar-refractivity contribution in [3.8, 4) is 0 Å². The van der Waals surface area contributed by atoms with Gasteiger partial charge in [0.1, 0.15) is 5.78 Å². The minimum atomic E-state index is 0.197. The molecule has 2 nitrogen and oxygen atoms in total. The number of rotatable bonds is 3. The highest BCUT2D eigenvalue weighted by atomic mass is 16.1. The summed E-state index contributed by atoms with van der Waals surface area (Å²) in [5, 5.41) is 0. The largest absolute Gasteiger partial charge is 0.299 e. The monoisotopic (exact) mass is 333 g/mol. The van der Waals surface area contributed by atoms with E-state index in [0.717, 1.165) is 12.8 Å². The maximum atomic E-state index is 12.9. The van der Waals surface area contributed by atoms with Crippen LogP contribution in [0.2, 0.25) is 0 Å². The van der Waals surface area contributed by atoms with Gasteiger partial charge in [0, 0.05) is 30.5 Å². The third-order valence-electron chi connectivity index (χ3n) is 6.19. The molecule has 0 N–H and O–H groups in total. The minimum Gasteiger partial charge on any atom is -0.299 e. The molecule has 0 aromatic heterocycles. The van der Waals surface area contributed by atoms with E-state index in [1.165, 1.54) is 24.0 Å². The van der Waals surface area contributed by atoms with E-state index in [-0.39, 0.29) is 12.0 Å². The molecule has 0 bridgehead atoms. The smallest absolute Gasteiger partial charge is 0.139 e. The number of nitrogens with zero attached hydrogens (tertiary/aromatic N) is 1. The van der Waals surface area contributed by atoms with Gasteiger partial charge in [-0.05, 0) is 30.9 Å². The Morgan fingerprint density at radius 1 is 0.920 bits per heavy atom. The summed E-state index contributed by atoms with van der Waals surface area (Å²) in [6.07, 6.45) is 5.33. The number of carbonyl (C=O) groups excluding carboxylic acids is 1. The molecule has 2 aliphatic rings. The van der Waals surface area contributed by atoms with E-state index in [9.17, 15) is 4.79 Å². The zero-order chi connectivity index (χ0) is 17.2. The number of hydrogen-bond donors (Lipinski definition) is 0. The molecule has 1 aliphatic carbocycles. The summed E-state index contributed by atoms with van der Waals surface area (Å²) in [7, 11) is 0. The van der Waals surface area contributed by atoms with Gasteiger partial charge < -0.3 is 0 Å². The second kappa shape index (κ2) is 7.13. The maximum Gasteiger partial charge on any atom is 0.139 e. The Kier molecular flexibility index (Phi) is 4.72. The van der Waals surface area contributed by atoms with Crippen LogP contribution in [0.15, 0.2) is 60.7 Å². The van der Waals surface area contributed by atoms with Gasteiger partial charge in [-0.15, -0.1) is 0 Å². The second-order valence-electron chi connectivity index (χ2n) is 7.59. The van der Waals surface area contributed by atoms with Crippen LogP contribution in [0.5, 0.6) is 0 Å². The van der Waals surface area contributed by atoms with E-state index >= 15 is 0 Å². The Bertz CT molecular complexity index is 711. The van der Waals surface area contributed by atoms with Gasteiger partial charge >= 0.3 is 0 Å². The van der Waals surface area contributed by atoms with E-state index < -0.39 is 0 Å². The van der Waals surface area contributed by atoms with Gasteiger partial charge in [-0.2, -0.15) is 0 Å². The van der Waals surface area contributed by atoms with E-state index in [1.54, 1.807) is 0 Å². The average molecular weight is 333 g/mol. The Morgan fingerprint density at radius 2 is 1.56 bits per heavy atom. The fraction of sp³-hybridized carbons (Fsp3) is 0.435. The van der Waals surface area contributed by atoms with Gasteiger partial charge in [-0.1, -0.05) is 73.5 Å². The molecule has 0 unspecified atom stereocenters. The fourth-order valence-electron chi connectivity index (χ4n) is 4.95. The van der Waals surface area contributed by atoms with Gasteiger partial charge in [0.2, 0.25) is 0 Å². The van der Waals surface area contributed by atoms with Gasteiger partial charge in [-0.3, -0.25) is 9.69 Å². The van der Waals surface area contributed by atoms with Gasteiger partial charge in [0.15, 0.2) is 0 Å². The Morgan fingerprint density at radius 3 is 2.28 bits per heavy atom. The normalized spacial score (nSPS) is 28.4. The molecule has 4 atom stereocenters. The summed E-state index contributed by atoms with van der Waals surface area (Å²) in [5.41, 5.74) is 2.63. The van der Waals surface area contributed by atoms with Crippen LogP contribution in [0, 0.1) is 5.92 Å². The topological polar surface area (TPSA) is 20.3 Å². The number of hydrogen-bond acceptors (Lipinski definition) is 2. The molecular weight excluding hydrogens is 306 g/mol. The van der Waals surface area contributed by atoms with Crippen LogP contribution in [0.4, 0.5) is 0 Å². The zero-order valence-electron chi connectivity index (χ0n) is 15.0. The molecule has 4 rings (SSSR count). The molecule has 1 heterocycles. The Hall–Kier alpha value is -1.93. The van der Waals surface area contributed by atoms with Crippen molar-refractivity contribution in [2.45, 2.75) is 57.2 Å². The molecule has 25 heavy (non-hydrogen) atoms. The van der Waals surface area contributed by atoms with Crippen LogP contribution >= 0.6 is 0 Å². The first-order chi connectivity index (χ1) is 12.3. The highest BCUT2D eigenvalue weighted by Crippen LogP contribution is 2.45. The van der Waals surface area contributed by atoms with Crippen LogP contribution in [0.3, 0.4) is 0 Å². The van der Waals surface area contributed by atoms with Crippen molar-refractivity contribution >= 4 is 5.78 Å². The molecule has 0 spiro atoms. The average Bonchev–Trinajstić information content (AvgIpc) is 2.69. The van der Waals surface area contributed by atoms with Crippen molar-refractivity contribution in [3.05, 3.63) is 71.8 Å². The highest BCUT2D eigenvalue weighted by molar-refractivity contribution is 5.83. The molecule has 2 aromatic rings. The summed E-state index contributed by atoms with van der Waals surface area (Å²) in [6, 6.07) is 22.3. The molecule has 1 aliphatic heterocycles. The van der Waals surface area contributed by atoms with E-state index in [0.29, 0.717) is 24.3 Å². The molecule has 1 saturated carbocycles. The minimum absolute atomic E-state index is 0.197. The number of ketones is 1. The van der Waals surface area contributed by atoms with Crippen LogP contribution in [-0.2, 0) is 4.79 Å². The molecule has 1 saturated heterocycles. The third-order valence-corrected chi connectivity index (χ3v) is 6.19. The lowest BCUT2D eigenvalue weighted by atomic mass is 9.73. The van der Waals surface area contributed by atoms with Crippen LogP contribution in [-0.4, -0.2) is 16.7 Å². The quantitative estimate of drug-likeness (QED) is 0.757. The second-order valence-corrected chi connectivity index (χ2v) is 7.59. The van der Waals surface area contributed by atoms with Crippen molar-refractivity contribution in [3.63, 3.8) is 0 Å². The molecular formula is C23H27NO. The number of fused-ring (bicyclic) bond motifs is 1. The predicted molar refractivity (Wildman–Crippen MR) is 101 cm³/mol. The van der Waals surface area contributed by atoms with Gasteiger partial charge in [0.05, 0.1) is 0 Å². The number of piperidine rings is 1. The first-order valence-electron chi connectivity index (χ1n) is 9.66. The van der Waals surface area contributed by atoms with Crippen molar-refractivity contribution in [2.75, 3.05) is 0 Å². The number of likely N-dealkylation sites (tertiary alicyclic amines) is 1. The van der Waals surface area contributed by atoms with Crippen molar-refractivity contribution in [2.24, 2.45) is 5.92 Å². The SMILES string of the molecule is C[C@H](c1ccccc1)N1[C@H](c2ccccc2)CC(=O)[C@@H]2CCCC[C@@H]21. The van der Waals surface area contributed by atoms with Crippen molar-refractivity contribution in [1.82, 2.24) is 4.90 Å². The molecule has 0 radical (unpaired) electrons. The first-order valence-corrected chi connectivity index (χ1v) is 9.66. The fourth-order valence-corrected chi connectivity index (χ4v) is 4.95. The zero-order valence-corrected chi connectivity index (χ0v) is 15.0. The molecule has 0 amide bonds. The predicted octanol–water partition coefficient (Wildman–Crippen LogP) is 5.32. The lowest BCUT2D eigenvalue weighted by Gasteiger charge is -2.50.